The number of hydrogen-bond acceptors (Lipinski definition) is 6. The van der Waals surface area contributed by atoms with E-state index >= 15 is 0 Å². The summed E-state index contributed by atoms with van der Waals surface area (Å²) in [5.74, 6) is 0.699. The van der Waals surface area contributed by atoms with Gasteiger partial charge in [-0.25, -0.2) is 8.42 Å². The Hall–Kier alpha value is -1.15. The van der Waals surface area contributed by atoms with Gasteiger partial charge < -0.3 is 14.7 Å². The van der Waals surface area contributed by atoms with Gasteiger partial charge in [0.15, 0.2) is 9.84 Å². The minimum absolute atomic E-state index is 0.228. The molecule has 1 N–H and O–H groups in total. The standard InChI is InChI=1S/C16H26N2O4S/c1-23(20,21)16-5-3-15(4-6-16)22-14-2-7-17-8-10-18(11-9-17)12-13-19/h3-6,19H,2,7-14H2,1H3. The fraction of sp³-hybridized carbons (Fsp3) is 0.625. The number of aliphatic hydroxyl groups excluding tert-OH is 1. The summed E-state index contributed by atoms with van der Waals surface area (Å²) in [5.41, 5.74) is 0. The van der Waals surface area contributed by atoms with Gasteiger partial charge in [0.1, 0.15) is 5.75 Å². The summed E-state index contributed by atoms with van der Waals surface area (Å²) in [4.78, 5) is 4.99. The SMILES string of the molecule is CS(=O)(=O)c1ccc(OCCCN2CCN(CCO)CC2)cc1. The largest absolute Gasteiger partial charge is 0.494 e. The molecule has 130 valence electrons. The molecule has 1 aromatic rings. The van der Waals surface area contributed by atoms with Gasteiger partial charge >= 0.3 is 0 Å². The van der Waals surface area contributed by atoms with Gasteiger partial charge in [-0.3, -0.25) is 4.90 Å². The number of ether oxygens (including phenoxy) is 1. The van der Waals surface area contributed by atoms with E-state index < -0.39 is 9.84 Å². The van der Waals surface area contributed by atoms with E-state index in [0.29, 0.717) is 17.3 Å². The Morgan fingerprint density at radius 3 is 2.13 bits per heavy atom. The number of nitrogens with zero attached hydrogens (tertiary/aromatic N) is 2. The van der Waals surface area contributed by atoms with Crippen LogP contribution in [0.5, 0.6) is 5.75 Å². The van der Waals surface area contributed by atoms with E-state index in [4.69, 9.17) is 9.84 Å². The van der Waals surface area contributed by atoms with Gasteiger partial charge in [-0.05, 0) is 30.7 Å². The van der Waals surface area contributed by atoms with Crippen molar-refractivity contribution in [3.8, 4) is 5.75 Å². The van der Waals surface area contributed by atoms with Crippen LogP contribution in [0.1, 0.15) is 6.42 Å². The summed E-state index contributed by atoms with van der Waals surface area (Å²) >= 11 is 0. The highest BCUT2D eigenvalue weighted by Crippen LogP contribution is 2.16. The van der Waals surface area contributed by atoms with Crippen molar-refractivity contribution in [3.63, 3.8) is 0 Å². The minimum atomic E-state index is -3.15. The van der Waals surface area contributed by atoms with Crippen molar-refractivity contribution in [2.24, 2.45) is 0 Å². The lowest BCUT2D eigenvalue weighted by atomic mass is 10.3. The molecule has 0 aromatic heterocycles. The van der Waals surface area contributed by atoms with Crippen LogP contribution in [0.4, 0.5) is 0 Å². The zero-order valence-corrected chi connectivity index (χ0v) is 14.5. The van der Waals surface area contributed by atoms with Crippen molar-refractivity contribution in [2.45, 2.75) is 11.3 Å². The molecule has 6 nitrogen and oxygen atoms in total. The molecule has 1 aliphatic rings. The Kier molecular flexibility index (Phi) is 6.83. The second-order valence-electron chi connectivity index (χ2n) is 5.85. The average molecular weight is 342 g/mol. The number of rotatable bonds is 8. The van der Waals surface area contributed by atoms with Gasteiger partial charge in [-0.15, -0.1) is 0 Å². The van der Waals surface area contributed by atoms with E-state index in [-0.39, 0.29) is 6.61 Å². The van der Waals surface area contributed by atoms with E-state index in [2.05, 4.69) is 9.80 Å². The Labute approximate surface area is 138 Å². The van der Waals surface area contributed by atoms with Crippen molar-refractivity contribution >= 4 is 9.84 Å². The third kappa shape index (κ3) is 6.10. The smallest absolute Gasteiger partial charge is 0.175 e. The van der Waals surface area contributed by atoms with Gasteiger partial charge in [0.25, 0.3) is 0 Å². The second kappa shape index (κ2) is 8.63. The van der Waals surface area contributed by atoms with Gasteiger partial charge in [-0.1, -0.05) is 0 Å². The van der Waals surface area contributed by atoms with E-state index in [1.54, 1.807) is 24.3 Å². The number of hydrogen-bond donors (Lipinski definition) is 1. The molecule has 1 saturated heterocycles. The molecule has 1 fully saturated rings. The number of sulfone groups is 1. The quantitative estimate of drug-likeness (QED) is 0.693. The molecule has 1 heterocycles. The van der Waals surface area contributed by atoms with Gasteiger partial charge in [0, 0.05) is 45.5 Å². The highest BCUT2D eigenvalue weighted by molar-refractivity contribution is 7.90. The first-order valence-corrected chi connectivity index (χ1v) is 9.86. The second-order valence-corrected chi connectivity index (χ2v) is 7.87. The summed E-state index contributed by atoms with van der Waals surface area (Å²) in [5, 5.41) is 8.92. The molecule has 0 amide bonds. The maximum Gasteiger partial charge on any atom is 0.175 e. The summed E-state index contributed by atoms with van der Waals surface area (Å²) < 4.78 is 28.4. The lowest BCUT2D eigenvalue weighted by Crippen LogP contribution is -2.47. The molecule has 0 aliphatic carbocycles. The topological polar surface area (TPSA) is 70.1 Å². The average Bonchev–Trinajstić information content (AvgIpc) is 2.53. The normalized spacial score (nSPS) is 17.3. The number of benzene rings is 1. The Morgan fingerprint density at radius 2 is 1.61 bits per heavy atom. The molecule has 0 atom stereocenters. The number of β-amino-alcohol motifs (C(OH)–C–C–N with tert-alkyl or cyclic N) is 1. The first kappa shape index (κ1) is 18.2. The van der Waals surface area contributed by atoms with E-state index in [9.17, 15) is 8.42 Å². The Morgan fingerprint density at radius 1 is 1.04 bits per heavy atom. The van der Waals surface area contributed by atoms with E-state index in [1.165, 1.54) is 6.26 Å². The van der Waals surface area contributed by atoms with Crippen molar-refractivity contribution in [1.82, 2.24) is 9.80 Å². The molecule has 0 spiro atoms. The maximum atomic E-state index is 11.4. The Bertz CT molecular complexity index is 566. The van der Waals surface area contributed by atoms with E-state index in [0.717, 1.165) is 45.7 Å². The van der Waals surface area contributed by atoms with Crippen LogP contribution in [0.25, 0.3) is 0 Å². The molecule has 23 heavy (non-hydrogen) atoms. The molecule has 0 radical (unpaired) electrons. The third-order valence-corrected chi connectivity index (χ3v) is 5.15. The predicted molar refractivity (Wildman–Crippen MR) is 89.6 cm³/mol. The molecule has 0 bridgehead atoms. The molecule has 1 aromatic carbocycles. The van der Waals surface area contributed by atoms with Crippen molar-refractivity contribution in [1.29, 1.82) is 0 Å². The van der Waals surface area contributed by atoms with Gasteiger partial charge in [0.2, 0.25) is 0 Å². The summed E-state index contributed by atoms with van der Waals surface area (Å²) in [7, 11) is -3.15. The van der Waals surface area contributed by atoms with Crippen LogP contribution in [-0.4, -0.2) is 82.1 Å². The molecule has 0 unspecified atom stereocenters. The van der Waals surface area contributed by atoms with Crippen LogP contribution in [-0.2, 0) is 9.84 Å². The first-order valence-electron chi connectivity index (χ1n) is 7.97. The van der Waals surface area contributed by atoms with Crippen LogP contribution in [0.15, 0.2) is 29.2 Å². The number of aliphatic hydroxyl groups is 1. The summed E-state index contributed by atoms with van der Waals surface area (Å²) in [6, 6.07) is 6.55. The van der Waals surface area contributed by atoms with Crippen molar-refractivity contribution < 1.29 is 18.3 Å². The van der Waals surface area contributed by atoms with Crippen LogP contribution >= 0.6 is 0 Å². The fourth-order valence-corrected chi connectivity index (χ4v) is 3.27. The van der Waals surface area contributed by atoms with Crippen LogP contribution in [0, 0.1) is 0 Å². The fourth-order valence-electron chi connectivity index (χ4n) is 2.64. The maximum absolute atomic E-state index is 11.4. The zero-order chi connectivity index (χ0) is 16.7. The highest BCUT2D eigenvalue weighted by Gasteiger charge is 2.15. The third-order valence-electron chi connectivity index (χ3n) is 4.02. The lowest BCUT2D eigenvalue weighted by molar-refractivity contribution is 0.108. The van der Waals surface area contributed by atoms with Crippen LogP contribution < -0.4 is 4.74 Å². The minimum Gasteiger partial charge on any atom is -0.494 e. The molecule has 2 rings (SSSR count). The molecular weight excluding hydrogens is 316 g/mol. The number of piperazine rings is 1. The molecule has 1 aliphatic heterocycles. The zero-order valence-electron chi connectivity index (χ0n) is 13.6. The van der Waals surface area contributed by atoms with Gasteiger partial charge in [-0.2, -0.15) is 0 Å². The van der Waals surface area contributed by atoms with Crippen LogP contribution in [0.3, 0.4) is 0 Å². The van der Waals surface area contributed by atoms with Crippen LogP contribution in [0.2, 0.25) is 0 Å². The summed E-state index contributed by atoms with van der Waals surface area (Å²) in [6.45, 7) is 6.69. The van der Waals surface area contributed by atoms with Crippen molar-refractivity contribution in [2.75, 3.05) is 58.7 Å². The van der Waals surface area contributed by atoms with Gasteiger partial charge in [0.05, 0.1) is 18.1 Å². The Balaban J connectivity index is 1.64. The molecule has 7 heteroatoms. The lowest BCUT2D eigenvalue weighted by Gasteiger charge is -2.34. The highest BCUT2D eigenvalue weighted by atomic mass is 32.2. The first-order chi connectivity index (χ1) is 11.0. The molecule has 0 saturated carbocycles. The summed E-state index contributed by atoms with van der Waals surface area (Å²) in [6.07, 6.45) is 2.14. The monoisotopic (exact) mass is 342 g/mol. The predicted octanol–water partition coefficient (Wildman–Crippen LogP) is 0.469. The van der Waals surface area contributed by atoms with E-state index in [1.807, 2.05) is 0 Å². The molecular formula is C16H26N2O4S. The van der Waals surface area contributed by atoms with Crippen molar-refractivity contribution in [3.05, 3.63) is 24.3 Å².